The van der Waals surface area contributed by atoms with E-state index >= 15 is 0 Å². The first-order valence-corrected chi connectivity index (χ1v) is 13.7. The topological polar surface area (TPSA) is 77.4 Å². The second-order valence-corrected chi connectivity index (χ2v) is 11.3. The molecule has 32 heavy (non-hydrogen) atoms. The number of hydrogen-bond donors (Lipinski definition) is 2. The van der Waals surface area contributed by atoms with E-state index in [0.29, 0.717) is 9.09 Å². The van der Waals surface area contributed by atoms with Crippen LogP contribution in [-0.2, 0) is 30.1 Å². The molecule has 4 nitrogen and oxygen atoms in total. The number of aliphatic carboxylic acids is 1. The molecule has 0 aliphatic carbocycles. The Labute approximate surface area is 219 Å². The number of hydrogen-bond acceptors (Lipinski definition) is 9. The van der Waals surface area contributed by atoms with Crippen molar-refractivity contribution in [3.8, 4) is 0 Å². The minimum Gasteiger partial charge on any atom is -0.779 e. The summed E-state index contributed by atoms with van der Waals surface area (Å²) in [5.41, 5.74) is 1.06. The van der Waals surface area contributed by atoms with Crippen molar-refractivity contribution >= 4 is 87.8 Å². The van der Waals surface area contributed by atoms with Crippen LogP contribution < -0.4 is 5.11 Å². The van der Waals surface area contributed by atoms with E-state index < -0.39 is 11.9 Å². The lowest BCUT2D eigenvalue weighted by molar-refractivity contribution is -0.305. The molecule has 1 atom stereocenters. The number of carboxylic acid groups (broad SMARTS) is 2. The molecular weight excluding hydrogens is 521 g/mol. The third-order valence-electron chi connectivity index (χ3n) is 4.13. The molecule has 0 saturated carbocycles. The Balaban J connectivity index is 0.000000241. The molecule has 1 fully saturated rings. The fourth-order valence-electron chi connectivity index (χ4n) is 2.50. The van der Waals surface area contributed by atoms with Crippen molar-refractivity contribution in [2.45, 2.75) is 47.1 Å². The molecule has 1 N–H and O–H groups in total. The van der Waals surface area contributed by atoms with E-state index in [-0.39, 0.29) is 12.0 Å². The maximum atomic E-state index is 10.4. The highest BCUT2D eigenvalue weighted by molar-refractivity contribution is 8.77. The summed E-state index contributed by atoms with van der Waals surface area (Å²) in [4.78, 5) is 21.7. The van der Waals surface area contributed by atoms with Crippen LogP contribution in [0.25, 0.3) is 0 Å². The van der Waals surface area contributed by atoms with Gasteiger partial charge in [0.25, 0.3) is 0 Å². The van der Waals surface area contributed by atoms with Crippen molar-refractivity contribution in [3.63, 3.8) is 0 Å². The molecule has 0 radical (unpaired) electrons. The van der Waals surface area contributed by atoms with Crippen LogP contribution >= 0.6 is 46.4 Å². The largest absolute Gasteiger partial charge is 0.779 e. The van der Waals surface area contributed by atoms with Gasteiger partial charge < -0.3 is 52.5 Å². The molecule has 1 aliphatic heterocycles. The van der Waals surface area contributed by atoms with Gasteiger partial charge in [-0.15, -0.1) is 16.8 Å². The molecule has 1 heterocycles. The Kier molecular flexibility index (Phi) is 15.0. The molecule has 0 bridgehead atoms. The molecular formula is C22H23O4S6-3. The lowest BCUT2D eigenvalue weighted by Gasteiger charge is -2.07. The smallest absolute Gasteiger partial charge is 0.334 e. The summed E-state index contributed by atoms with van der Waals surface area (Å²) in [5.74, 6) is -0.621. The maximum absolute atomic E-state index is 10.4. The highest BCUT2D eigenvalue weighted by Crippen LogP contribution is 2.39. The Morgan fingerprint density at radius 1 is 1.12 bits per heavy atom. The predicted molar refractivity (Wildman–Crippen MR) is 144 cm³/mol. The molecule has 1 unspecified atom stereocenters. The minimum atomic E-state index is -0.967. The second kappa shape index (κ2) is 16.6. The van der Waals surface area contributed by atoms with Crippen LogP contribution in [0.3, 0.4) is 0 Å². The van der Waals surface area contributed by atoms with Gasteiger partial charge in [-0.2, -0.15) is 4.90 Å². The molecule has 10 heteroatoms. The molecule has 0 aromatic heterocycles. The van der Waals surface area contributed by atoms with Gasteiger partial charge in [-0.05, 0) is 43.4 Å². The van der Waals surface area contributed by atoms with Crippen LogP contribution in [0.15, 0.2) is 58.3 Å². The summed E-state index contributed by atoms with van der Waals surface area (Å²) >= 11 is 18.6. The summed E-state index contributed by atoms with van der Waals surface area (Å²) in [6.07, 6.45) is 4.51. The van der Waals surface area contributed by atoms with Gasteiger partial charge in [0, 0.05) is 27.4 Å². The highest BCUT2D eigenvalue weighted by Gasteiger charge is 2.15. The standard InChI is InChI=1S/C8H14O2S2.C7H6O2S.C7H6S3/c9-8(10)4-2-1-3-7-5-6-11-12-7;8-7(9)5-3-1-2-4-6(5)10;8-6-4-2-1-3-5(6)7(9)10/h7H,1-6H2,(H,9,10);1-4,10H,(H,8,9);1-4,8H,(H,9,10)/p-3. The van der Waals surface area contributed by atoms with Gasteiger partial charge in [0.2, 0.25) is 0 Å². The molecule has 2 aromatic carbocycles. The van der Waals surface area contributed by atoms with Gasteiger partial charge >= 0.3 is 5.97 Å². The van der Waals surface area contributed by atoms with Gasteiger partial charge in [-0.1, -0.05) is 64.4 Å². The average Bonchev–Trinajstić information content (AvgIpc) is 3.26. The molecule has 174 valence electrons. The fraction of sp³-hybridized carbons (Fsp3) is 0.318. The number of unbranched alkanes of at least 4 members (excludes halogenated alkanes) is 1. The van der Waals surface area contributed by atoms with E-state index in [1.54, 1.807) is 18.2 Å². The Bertz CT molecular complexity index is 829. The van der Waals surface area contributed by atoms with E-state index in [4.69, 9.17) is 42.6 Å². The van der Waals surface area contributed by atoms with Crippen molar-refractivity contribution in [3.05, 3.63) is 59.7 Å². The SMILES string of the molecule is O=C(O)c1ccccc1[S-].O=C([O-])CCCCC1CCSS1.S=C([S-])c1ccccc1S. The average molecular weight is 544 g/mol. The van der Waals surface area contributed by atoms with Crippen molar-refractivity contribution in [2.75, 3.05) is 5.75 Å². The van der Waals surface area contributed by atoms with Gasteiger partial charge in [0.1, 0.15) is 0 Å². The molecule has 1 aliphatic rings. The maximum Gasteiger partial charge on any atom is 0.334 e. The van der Waals surface area contributed by atoms with Crippen LogP contribution in [-0.4, -0.2) is 32.2 Å². The van der Waals surface area contributed by atoms with Crippen LogP contribution in [0.4, 0.5) is 0 Å². The predicted octanol–water partition coefficient (Wildman–Crippen LogP) is 4.94. The summed E-state index contributed by atoms with van der Waals surface area (Å²) in [5, 5.41) is 19.3. The van der Waals surface area contributed by atoms with E-state index in [1.807, 2.05) is 45.9 Å². The number of thiol groups is 1. The quantitative estimate of drug-likeness (QED) is 0.166. The normalized spacial score (nSPS) is 14.3. The van der Waals surface area contributed by atoms with E-state index in [9.17, 15) is 14.7 Å². The lowest BCUT2D eigenvalue weighted by atomic mass is 10.1. The summed E-state index contributed by atoms with van der Waals surface area (Å²) in [6, 6.07) is 14.0. The summed E-state index contributed by atoms with van der Waals surface area (Å²) < 4.78 is 0.477. The minimum absolute atomic E-state index is 0.192. The molecule has 0 amide bonds. The van der Waals surface area contributed by atoms with Gasteiger partial charge in [-0.25, -0.2) is 4.79 Å². The van der Waals surface area contributed by atoms with Crippen molar-refractivity contribution in [1.29, 1.82) is 0 Å². The molecule has 1 saturated heterocycles. The van der Waals surface area contributed by atoms with Crippen LogP contribution in [0, 0.1) is 0 Å². The Hall–Kier alpha value is -1.04. The van der Waals surface area contributed by atoms with Crippen molar-refractivity contribution in [1.82, 2.24) is 0 Å². The van der Waals surface area contributed by atoms with Crippen molar-refractivity contribution < 1.29 is 19.8 Å². The number of rotatable bonds is 7. The van der Waals surface area contributed by atoms with Crippen molar-refractivity contribution in [2.24, 2.45) is 0 Å². The van der Waals surface area contributed by atoms with Crippen LogP contribution in [0.5, 0.6) is 0 Å². The first-order valence-electron chi connectivity index (χ1n) is 9.69. The van der Waals surface area contributed by atoms with Gasteiger partial charge in [-0.3, -0.25) is 0 Å². The van der Waals surface area contributed by atoms with Gasteiger partial charge in [0.15, 0.2) is 0 Å². The zero-order valence-electron chi connectivity index (χ0n) is 17.1. The number of benzene rings is 2. The lowest BCUT2D eigenvalue weighted by Crippen LogP contribution is -2.21. The van der Waals surface area contributed by atoms with Crippen LogP contribution in [0.2, 0.25) is 0 Å². The zero-order valence-corrected chi connectivity index (χ0v) is 22.1. The van der Waals surface area contributed by atoms with Gasteiger partial charge in [0.05, 0.1) is 0 Å². The highest BCUT2D eigenvalue weighted by atomic mass is 33.1. The monoisotopic (exact) mass is 543 g/mol. The Morgan fingerprint density at radius 3 is 2.19 bits per heavy atom. The first kappa shape index (κ1) is 29.0. The molecule has 2 aromatic rings. The number of carboxylic acids is 2. The summed E-state index contributed by atoms with van der Waals surface area (Å²) in [6.45, 7) is 0. The second-order valence-electron chi connectivity index (χ2n) is 6.55. The Morgan fingerprint density at radius 2 is 1.75 bits per heavy atom. The first-order chi connectivity index (χ1) is 15.2. The fourth-order valence-corrected chi connectivity index (χ4v) is 6.54. The number of carbonyl (C=O) groups is 2. The third kappa shape index (κ3) is 12.3. The van der Waals surface area contributed by atoms with E-state index in [0.717, 1.165) is 28.6 Å². The third-order valence-corrected chi connectivity index (χ3v) is 8.32. The molecule has 0 spiro atoms. The number of thiocarbonyl (C=S) groups is 1. The van der Waals surface area contributed by atoms with E-state index in [1.165, 1.54) is 24.7 Å². The van der Waals surface area contributed by atoms with E-state index in [2.05, 4.69) is 12.6 Å². The zero-order chi connectivity index (χ0) is 23.9. The number of aromatic carboxylic acids is 1. The molecule has 3 rings (SSSR count). The van der Waals surface area contributed by atoms with Crippen LogP contribution in [0.1, 0.15) is 48.0 Å². The summed E-state index contributed by atoms with van der Waals surface area (Å²) in [7, 11) is 3.89. The number of carbonyl (C=O) groups excluding carboxylic acids is 1.